The Balaban J connectivity index is 1.71. The van der Waals surface area contributed by atoms with E-state index in [-0.39, 0.29) is 11.8 Å². The van der Waals surface area contributed by atoms with Gasteiger partial charge in [-0.05, 0) is 47.7 Å². The van der Waals surface area contributed by atoms with Crippen molar-refractivity contribution in [3.05, 3.63) is 100 Å². The van der Waals surface area contributed by atoms with Gasteiger partial charge in [-0.2, -0.15) is 0 Å². The lowest BCUT2D eigenvalue weighted by Crippen LogP contribution is -2.41. The van der Waals surface area contributed by atoms with Gasteiger partial charge in [0, 0.05) is 40.3 Å². The number of benzene rings is 3. The molecular formula is C26H21ClN2O. The average molecular weight is 413 g/mol. The number of fused-ring (bicyclic) bond motifs is 6. The Morgan fingerprint density at radius 1 is 1.03 bits per heavy atom. The lowest BCUT2D eigenvalue weighted by molar-refractivity contribution is -0.120. The molecule has 1 aliphatic carbocycles. The van der Waals surface area contributed by atoms with Gasteiger partial charge < -0.3 is 9.88 Å². The van der Waals surface area contributed by atoms with Gasteiger partial charge >= 0.3 is 0 Å². The fourth-order valence-corrected chi connectivity index (χ4v) is 5.93. The fourth-order valence-electron chi connectivity index (χ4n) is 5.76. The molecule has 3 nitrogen and oxygen atoms in total. The van der Waals surface area contributed by atoms with Gasteiger partial charge in [0.1, 0.15) is 5.41 Å². The highest BCUT2D eigenvalue weighted by Gasteiger charge is 2.54. The van der Waals surface area contributed by atoms with E-state index >= 15 is 0 Å². The number of aromatic nitrogens is 1. The first kappa shape index (κ1) is 17.8. The molecular weight excluding hydrogens is 392 g/mol. The highest BCUT2D eigenvalue weighted by molar-refractivity contribution is 6.31. The predicted octanol–water partition coefficient (Wildman–Crippen LogP) is 6.00. The zero-order valence-electron chi connectivity index (χ0n) is 16.7. The van der Waals surface area contributed by atoms with Crippen molar-refractivity contribution in [2.24, 2.45) is 7.05 Å². The molecule has 1 amide bonds. The van der Waals surface area contributed by atoms with Crippen LogP contribution in [0.15, 0.2) is 72.8 Å². The average Bonchev–Trinajstić information content (AvgIpc) is 3.22. The van der Waals surface area contributed by atoms with E-state index in [1.807, 2.05) is 18.2 Å². The van der Waals surface area contributed by atoms with Crippen molar-refractivity contribution in [2.75, 3.05) is 5.32 Å². The van der Waals surface area contributed by atoms with Crippen LogP contribution in [-0.2, 0) is 17.3 Å². The summed E-state index contributed by atoms with van der Waals surface area (Å²) < 4.78 is 2.24. The number of aryl methyl sites for hydroxylation is 1. The third-order valence-corrected chi connectivity index (χ3v) is 7.22. The molecule has 2 aliphatic rings. The van der Waals surface area contributed by atoms with Crippen LogP contribution in [0.5, 0.6) is 0 Å². The number of amides is 1. The van der Waals surface area contributed by atoms with Crippen molar-refractivity contribution in [1.29, 1.82) is 0 Å². The van der Waals surface area contributed by atoms with Crippen molar-refractivity contribution in [3.8, 4) is 0 Å². The monoisotopic (exact) mass is 412 g/mol. The van der Waals surface area contributed by atoms with E-state index in [0.29, 0.717) is 5.02 Å². The number of nitrogens with zero attached hydrogens (tertiary/aromatic N) is 1. The van der Waals surface area contributed by atoms with Crippen LogP contribution < -0.4 is 5.32 Å². The van der Waals surface area contributed by atoms with E-state index in [9.17, 15) is 4.79 Å². The van der Waals surface area contributed by atoms with Crippen LogP contribution in [0.4, 0.5) is 5.69 Å². The van der Waals surface area contributed by atoms with E-state index in [4.69, 9.17) is 11.6 Å². The Kier molecular flexibility index (Phi) is 3.69. The molecule has 4 heteroatoms. The Morgan fingerprint density at radius 3 is 2.63 bits per heavy atom. The van der Waals surface area contributed by atoms with Crippen LogP contribution in [0.1, 0.15) is 41.1 Å². The quantitative estimate of drug-likeness (QED) is 0.409. The molecule has 0 bridgehead atoms. The molecule has 2 heterocycles. The molecule has 30 heavy (non-hydrogen) atoms. The number of carbonyl (C=O) groups is 1. The zero-order chi connectivity index (χ0) is 20.5. The summed E-state index contributed by atoms with van der Waals surface area (Å²) >= 11 is 6.24. The molecule has 1 aromatic heterocycles. The number of anilines is 1. The molecule has 2 atom stereocenters. The molecule has 0 radical (unpaired) electrons. The van der Waals surface area contributed by atoms with Gasteiger partial charge in [-0.1, -0.05) is 66.2 Å². The first-order valence-electron chi connectivity index (χ1n) is 10.4. The number of carbonyl (C=O) groups excluding carboxylic acids is 1. The SMILES string of the molecule is Cn1c2c(c3ccccc31)C(c1ccccc1)CCC21C(=O)Nc2cc(Cl)ccc21. The van der Waals surface area contributed by atoms with Crippen LogP contribution in [0.25, 0.3) is 10.9 Å². The standard InChI is InChI=1S/C26H21ClN2O/c1-29-22-10-6-5-9-19(22)23-18(16-7-3-2-4-8-16)13-14-26(24(23)29)20-12-11-17(27)15-21(20)28-25(26)30/h2-12,15,18H,13-14H2,1H3,(H,28,30). The molecule has 6 rings (SSSR count). The molecule has 1 N–H and O–H groups in total. The number of rotatable bonds is 1. The van der Waals surface area contributed by atoms with Crippen LogP contribution in [0, 0.1) is 0 Å². The third kappa shape index (κ3) is 2.19. The molecule has 0 saturated heterocycles. The van der Waals surface area contributed by atoms with Gasteiger partial charge in [0.2, 0.25) is 5.91 Å². The minimum Gasteiger partial charge on any atom is -0.346 e. The fraction of sp³-hybridized carbons (Fsp3) is 0.192. The maximum absolute atomic E-state index is 13.6. The van der Waals surface area contributed by atoms with E-state index < -0.39 is 5.41 Å². The van der Waals surface area contributed by atoms with E-state index in [2.05, 4.69) is 71.5 Å². The van der Waals surface area contributed by atoms with Crippen molar-refractivity contribution in [2.45, 2.75) is 24.2 Å². The van der Waals surface area contributed by atoms with Crippen LogP contribution in [0.3, 0.4) is 0 Å². The summed E-state index contributed by atoms with van der Waals surface area (Å²) in [6, 6.07) is 25.0. The van der Waals surface area contributed by atoms with Crippen molar-refractivity contribution >= 4 is 34.1 Å². The van der Waals surface area contributed by atoms with E-state index in [0.717, 1.165) is 29.8 Å². The molecule has 0 saturated carbocycles. The summed E-state index contributed by atoms with van der Waals surface area (Å²) in [4.78, 5) is 13.6. The molecule has 148 valence electrons. The molecule has 1 aliphatic heterocycles. The second-order valence-electron chi connectivity index (χ2n) is 8.39. The summed E-state index contributed by atoms with van der Waals surface area (Å²) in [6.45, 7) is 0. The lowest BCUT2D eigenvalue weighted by Gasteiger charge is -2.37. The van der Waals surface area contributed by atoms with E-state index in [1.54, 1.807) is 0 Å². The number of para-hydroxylation sites is 1. The Labute approximate surface area is 180 Å². The minimum absolute atomic E-state index is 0.0541. The molecule has 2 unspecified atom stereocenters. The van der Waals surface area contributed by atoms with Crippen LogP contribution >= 0.6 is 11.6 Å². The number of halogens is 1. The maximum atomic E-state index is 13.6. The summed E-state index contributed by atoms with van der Waals surface area (Å²) in [5.74, 6) is 0.320. The largest absolute Gasteiger partial charge is 0.346 e. The Hall–Kier alpha value is -3.04. The number of nitrogens with one attached hydrogen (secondary N) is 1. The minimum atomic E-state index is -0.686. The summed E-state index contributed by atoms with van der Waals surface area (Å²) in [6.07, 6.45) is 1.69. The van der Waals surface area contributed by atoms with Crippen molar-refractivity contribution < 1.29 is 4.79 Å². The van der Waals surface area contributed by atoms with Crippen molar-refractivity contribution in [1.82, 2.24) is 4.57 Å². The summed E-state index contributed by atoms with van der Waals surface area (Å²) in [5, 5.41) is 5.00. The normalized spacial score (nSPS) is 22.2. The molecule has 0 fully saturated rings. The van der Waals surface area contributed by atoms with E-state index in [1.165, 1.54) is 22.0 Å². The molecule has 1 spiro atoms. The smallest absolute Gasteiger partial charge is 0.241 e. The van der Waals surface area contributed by atoms with Gasteiger partial charge in [0.05, 0.1) is 0 Å². The second kappa shape index (κ2) is 6.23. The van der Waals surface area contributed by atoms with Crippen molar-refractivity contribution in [3.63, 3.8) is 0 Å². The van der Waals surface area contributed by atoms with Gasteiger partial charge in [0.15, 0.2) is 0 Å². The van der Waals surface area contributed by atoms with Gasteiger partial charge in [-0.15, -0.1) is 0 Å². The lowest BCUT2D eigenvalue weighted by atomic mass is 9.65. The zero-order valence-corrected chi connectivity index (χ0v) is 17.4. The first-order valence-corrected chi connectivity index (χ1v) is 10.7. The Bertz CT molecular complexity index is 1320. The van der Waals surface area contributed by atoms with Crippen LogP contribution in [-0.4, -0.2) is 10.5 Å². The molecule has 4 aromatic rings. The van der Waals surface area contributed by atoms with Gasteiger partial charge in [-0.25, -0.2) is 0 Å². The highest BCUT2D eigenvalue weighted by Crippen LogP contribution is 2.56. The third-order valence-electron chi connectivity index (χ3n) is 6.99. The molecule has 3 aromatic carbocycles. The number of hydrogen-bond donors (Lipinski definition) is 1. The topological polar surface area (TPSA) is 34.0 Å². The van der Waals surface area contributed by atoms with Gasteiger partial charge in [-0.3, -0.25) is 4.79 Å². The second-order valence-corrected chi connectivity index (χ2v) is 8.83. The summed E-state index contributed by atoms with van der Waals surface area (Å²) in [7, 11) is 2.09. The number of hydrogen-bond acceptors (Lipinski definition) is 1. The highest BCUT2D eigenvalue weighted by atomic mass is 35.5. The van der Waals surface area contributed by atoms with Gasteiger partial charge in [0.25, 0.3) is 0 Å². The van der Waals surface area contributed by atoms with Crippen LogP contribution in [0.2, 0.25) is 5.02 Å². The predicted molar refractivity (Wildman–Crippen MR) is 121 cm³/mol. The maximum Gasteiger partial charge on any atom is 0.241 e. The Morgan fingerprint density at radius 2 is 1.80 bits per heavy atom. The first-order chi connectivity index (χ1) is 14.6. The summed E-state index contributed by atoms with van der Waals surface area (Å²) in [5.41, 5.74) is 6.05.